The normalized spacial score (nSPS) is 9.86. The summed E-state index contributed by atoms with van der Waals surface area (Å²) in [4.78, 5) is 21.3. The van der Waals surface area contributed by atoms with Crippen molar-refractivity contribution in [1.82, 2.24) is 0 Å². The summed E-state index contributed by atoms with van der Waals surface area (Å²) < 4.78 is 0. The second kappa shape index (κ2) is 4.05. The van der Waals surface area contributed by atoms with Crippen LogP contribution in [0, 0.1) is 13.8 Å². The first-order chi connectivity index (χ1) is 6.50. The zero-order chi connectivity index (χ0) is 10.7. The van der Waals surface area contributed by atoms with Gasteiger partial charge in [0, 0.05) is 6.42 Å². The molecule has 0 spiro atoms. The van der Waals surface area contributed by atoms with Gasteiger partial charge in [0.05, 0.1) is 0 Å². The van der Waals surface area contributed by atoms with E-state index in [0.717, 1.165) is 16.7 Å². The number of aliphatic carboxylic acids is 1. The number of carboxylic acid groups (broad SMARTS) is 1. The minimum atomic E-state index is -1.37. The highest BCUT2D eigenvalue weighted by molar-refractivity contribution is 6.33. The third-order valence-electron chi connectivity index (χ3n) is 2.09. The van der Waals surface area contributed by atoms with E-state index in [4.69, 9.17) is 5.11 Å². The molecule has 1 aromatic carbocycles. The summed E-state index contributed by atoms with van der Waals surface area (Å²) in [5, 5.41) is 8.44. The van der Waals surface area contributed by atoms with Gasteiger partial charge in [-0.3, -0.25) is 4.79 Å². The number of ketones is 1. The topological polar surface area (TPSA) is 54.4 Å². The molecule has 0 atom stereocenters. The molecule has 3 nitrogen and oxygen atoms in total. The Hall–Kier alpha value is -1.64. The molecule has 1 aromatic rings. The van der Waals surface area contributed by atoms with Crippen LogP contribution in [0.25, 0.3) is 0 Å². The lowest BCUT2D eigenvalue weighted by Gasteiger charge is -2.03. The summed E-state index contributed by atoms with van der Waals surface area (Å²) in [5.74, 6) is -2.14. The molecule has 0 bridgehead atoms. The molecule has 14 heavy (non-hydrogen) atoms. The smallest absolute Gasteiger partial charge is 0.372 e. The van der Waals surface area contributed by atoms with Crippen molar-refractivity contribution in [3.05, 3.63) is 34.9 Å². The van der Waals surface area contributed by atoms with E-state index < -0.39 is 11.8 Å². The van der Waals surface area contributed by atoms with Gasteiger partial charge < -0.3 is 5.11 Å². The summed E-state index contributed by atoms with van der Waals surface area (Å²) in [6, 6.07) is 5.60. The molecular formula is C11H12O3. The highest BCUT2D eigenvalue weighted by Crippen LogP contribution is 2.11. The summed E-state index contributed by atoms with van der Waals surface area (Å²) in [6.45, 7) is 3.83. The molecule has 0 aliphatic carbocycles. The van der Waals surface area contributed by atoms with Crippen molar-refractivity contribution in [2.24, 2.45) is 0 Å². The molecule has 0 unspecified atom stereocenters. The fourth-order valence-electron chi connectivity index (χ4n) is 1.29. The second-order valence-electron chi connectivity index (χ2n) is 3.34. The predicted molar refractivity (Wildman–Crippen MR) is 52.3 cm³/mol. The van der Waals surface area contributed by atoms with Crippen molar-refractivity contribution in [3.8, 4) is 0 Å². The lowest BCUT2D eigenvalue weighted by Crippen LogP contribution is -2.15. The van der Waals surface area contributed by atoms with Crippen molar-refractivity contribution in [2.75, 3.05) is 0 Å². The minimum Gasteiger partial charge on any atom is -0.475 e. The first kappa shape index (κ1) is 10.4. The lowest BCUT2D eigenvalue weighted by molar-refractivity contribution is -0.148. The van der Waals surface area contributed by atoms with Crippen LogP contribution in [0.2, 0.25) is 0 Å². The van der Waals surface area contributed by atoms with Gasteiger partial charge in [-0.25, -0.2) is 4.79 Å². The Bertz CT molecular complexity index is 380. The van der Waals surface area contributed by atoms with Gasteiger partial charge in [-0.1, -0.05) is 23.8 Å². The number of aryl methyl sites for hydroxylation is 2. The number of carbonyl (C=O) groups is 2. The van der Waals surface area contributed by atoms with Gasteiger partial charge in [-0.05, 0) is 25.0 Å². The van der Waals surface area contributed by atoms with E-state index in [1.54, 1.807) is 6.07 Å². The molecule has 0 aromatic heterocycles. The van der Waals surface area contributed by atoms with Gasteiger partial charge in [0.25, 0.3) is 0 Å². The summed E-state index contributed by atoms with van der Waals surface area (Å²) in [7, 11) is 0. The van der Waals surface area contributed by atoms with Crippen molar-refractivity contribution >= 4 is 11.8 Å². The molecule has 1 rings (SSSR count). The molecular weight excluding hydrogens is 180 g/mol. The maximum atomic E-state index is 10.9. The highest BCUT2D eigenvalue weighted by Gasteiger charge is 2.12. The van der Waals surface area contributed by atoms with Crippen molar-refractivity contribution in [1.29, 1.82) is 0 Å². The Morgan fingerprint density at radius 2 is 1.93 bits per heavy atom. The van der Waals surface area contributed by atoms with Crippen LogP contribution in [0.15, 0.2) is 18.2 Å². The Kier molecular flexibility index (Phi) is 3.02. The molecule has 0 radical (unpaired) electrons. The average molecular weight is 192 g/mol. The van der Waals surface area contributed by atoms with Gasteiger partial charge in [0.1, 0.15) is 0 Å². The Morgan fingerprint density at radius 3 is 2.43 bits per heavy atom. The van der Waals surface area contributed by atoms with Gasteiger partial charge in [0.2, 0.25) is 5.78 Å². The number of Topliss-reactive ketones (excluding diaryl/α,β-unsaturated/α-hetero) is 1. The summed E-state index contributed by atoms with van der Waals surface area (Å²) in [6.07, 6.45) is -0.0263. The first-order valence-electron chi connectivity index (χ1n) is 4.33. The quantitative estimate of drug-likeness (QED) is 0.738. The molecule has 0 aliphatic heterocycles. The zero-order valence-corrected chi connectivity index (χ0v) is 8.20. The van der Waals surface area contributed by atoms with Crippen LogP contribution >= 0.6 is 0 Å². The second-order valence-corrected chi connectivity index (χ2v) is 3.34. The van der Waals surface area contributed by atoms with Crippen molar-refractivity contribution in [2.45, 2.75) is 20.3 Å². The third kappa shape index (κ3) is 2.42. The van der Waals surface area contributed by atoms with E-state index in [1.165, 1.54) is 0 Å². The molecule has 0 fully saturated rings. The standard InChI is InChI=1S/C11H12O3/c1-7-3-4-9(8(2)5-7)6-10(12)11(13)14/h3-5H,6H2,1-2H3,(H,13,14). The fraction of sp³-hybridized carbons (Fsp3) is 0.273. The number of rotatable bonds is 3. The fourth-order valence-corrected chi connectivity index (χ4v) is 1.29. The van der Waals surface area contributed by atoms with Crippen molar-refractivity contribution in [3.63, 3.8) is 0 Å². The average Bonchev–Trinajstić information content (AvgIpc) is 2.09. The Balaban J connectivity index is 2.87. The van der Waals surface area contributed by atoms with E-state index in [0.29, 0.717) is 0 Å². The summed E-state index contributed by atoms with van der Waals surface area (Å²) >= 11 is 0. The maximum absolute atomic E-state index is 10.9. The van der Waals surface area contributed by atoms with E-state index in [1.807, 2.05) is 26.0 Å². The summed E-state index contributed by atoms with van der Waals surface area (Å²) in [5.41, 5.74) is 2.84. The van der Waals surface area contributed by atoms with Gasteiger partial charge in [-0.15, -0.1) is 0 Å². The number of carboxylic acids is 1. The number of hydrogen-bond acceptors (Lipinski definition) is 2. The van der Waals surface area contributed by atoms with Gasteiger partial charge in [-0.2, -0.15) is 0 Å². The molecule has 3 heteroatoms. The highest BCUT2D eigenvalue weighted by atomic mass is 16.4. The zero-order valence-electron chi connectivity index (χ0n) is 8.20. The van der Waals surface area contributed by atoms with Crippen LogP contribution in [0.5, 0.6) is 0 Å². The third-order valence-corrected chi connectivity index (χ3v) is 2.09. The monoisotopic (exact) mass is 192 g/mol. The first-order valence-corrected chi connectivity index (χ1v) is 4.33. The molecule has 74 valence electrons. The van der Waals surface area contributed by atoms with Gasteiger partial charge >= 0.3 is 5.97 Å². The van der Waals surface area contributed by atoms with E-state index in [-0.39, 0.29) is 6.42 Å². The van der Waals surface area contributed by atoms with Crippen LogP contribution in [-0.2, 0) is 16.0 Å². The lowest BCUT2D eigenvalue weighted by atomic mass is 10.0. The van der Waals surface area contributed by atoms with E-state index >= 15 is 0 Å². The Morgan fingerprint density at radius 1 is 1.29 bits per heavy atom. The molecule has 0 aliphatic rings. The van der Waals surface area contributed by atoms with Crippen LogP contribution in [0.3, 0.4) is 0 Å². The van der Waals surface area contributed by atoms with Crippen LogP contribution in [0.1, 0.15) is 16.7 Å². The van der Waals surface area contributed by atoms with E-state index in [9.17, 15) is 9.59 Å². The molecule has 0 saturated heterocycles. The van der Waals surface area contributed by atoms with Gasteiger partial charge in [0.15, 0.2) is 0 Å². The SMILES string of the molecule is Cc1ccc(CC(=O)C(=O)O)c(C)c1. The van der Waals surface area contributed by atoms with Crippen LogP contribution in [0.4, 0.5) is 0 Å². The Labute approximate surface area is 82.4 Å². The largest absolute Gasteiger partial charge is 0.475 e. The number of hydrogen-bond donors (Lipinski definition) is 1. The molecule has 1 N–H and O–H groups in total. The minimum absolute atomic E-state index is 0.0263. The predicted octanol–water partition coefficient (Wildman–Crippen LogP) is 1.50. The molecule has 0 amide bonds. The molecule has 0 saturated carbocycles. The van der Waals surface area contributed by atoms with Crippen LogP contribution < -0.4 is 0 Å². The van der Waals surface area contributed by atoms with E-state index in [2.05, 4.69) is 0 Å². The van der Waals surface area contributed by atoms with Crippen LogP contribution in [-0.4, -0.2) is 16.9 Å². The maximum Gasteiger partial charge on any atom is 0.372 e. The molecule has 0 heterocycles. The van der Waals surface area contributed by atoms with Crippen molar-refractivity contribution < 1.29 is 14.7 Å². The number of carbonyl (C=O) groups excluding carboxylic acids is 1. The number of benzene rings is 1.